The number of anilines is 1. The van der Waals surface area contributed by atoms with Crippen LogP contribution in [0.25, 0.3) is 11.0 Å². The summed E-state index contributed by atoms with van der Waals surface area (Å²) < 4.78 is 12.6. The van der Waals surface area contributed by atoms with Crippen molar-refractivity contribution in [1.29, 1.82) is 0 Å². The molecule has 5 atom stereocenters. The lowest BCUT2D eigenvalue weighted by molar-refractivity contribution is -0.115. The molecule has 0 radical (unpaired) electrons. The van der Waals surface area contributed by atoms with Crippen molar-refractivity contribution in [2.24, 2.45) is 0 Å². The summed E-state index contributed by atoms with van der Waals surface area (Å²) in [4.78, 5) is 8.14. The average Bonchev–Trinajstić information content (AvgIpc) is 3.22. The molecule has 1 aromatic carbocycles. The van der Waals surface area contributed by atoms with Gasteiger partial charge in [0.25, 0.3) is 0 Å². The minimum Gasteiger partial charge on any atom is -0.497 e. The Bertz CT molecular complexity index is 988. The van der Waals surface area contributed by atoms with Crippen LogP contribution in [-0.2, 0) is 4.74 Å². The Morgan fingerprint density at radius 1 is 1.25 bits per heavy atom. The smallest absolute Gasteiger partial charge is 0.164 e. The molecule has 3 aromatic rings. The molecule has 0 spiro atoms. The first-order valence-corrected chi connectivity index (χ1v) is 8.79. The predicted octanol–water partition coefficient (Wildman–Crippen LogP) is 0.765. The van der Waals surface area contributed by atoms with Gasteiger partial charge < -0.3 is 35.1 Å². The van der Waals surface area contributed by atoms with Gasteiger partial charge in [-0.25, -0.2) is 9.97 Å². The molecular formula is C19H22N4O5. The quantitative estimate of drug-likeness (QED) is 0.516. The van der Waals surface area contributed by atoms with Gasteiger partial charge in [-0.3, -0.25) is 0 Å². The summed E-state index contributed by atoms with van der Waals surface area (Å²) in [5, 5.41) is 33.1. The van der Waals surface area contributed by atoms with Gasteiger partial charge in [-0.1, -0.05) is 12.1 Å². The number of aliphatic hydroxyl groups is 3. The second-order valence-corrected chi connectivity index (χ2v) is 7.06. The van der Waals surface area contributed by atoms with Crippen molar-refractivity contribution in [1.82, 2.24) is 14.5 Å². The van der Waals surface area contributed by atoms with Crippen LogP contribution >= 0.6 is 0 Å². The molecule has 5 N–H and O–H groups in total. The number of aromatic nitrogens is 3. The third kappa shape index (κ3) is 2.80. The molecule has 3 heterocycles. The van der Waals surface area contributed by atoms with Crippen molar-refractivity contribution in [3.05, 3.63) is 48.4 Å². The highest BCUT2D eigenvalue weighted by molar-refractivity contribution is 5.86. The van der Waals surface area contributed by atoms with Crippen molar-refractivity contribution in [3.8, 4) is 5.75 Å². The zero-order chi connectivity index (χ0) is 20.1. The summed E-state index contributed by atoms with van der Waals surface area (Å²) >= 11 is 0. The van der Waals surface area contributed by atoms with E-state index in [-0.39, 0.29) is 0 Å². The summed E-state index contributed by atoms with van der Waals surface area (Å²) in [5.41, 5.74) is 5.15. The number of hydrogen-bond donors (Lipinski definition) is 4. The van der Waals surface area contributed by atoms with E-state index in [1.807, 2.05) is 0 Å². The van der Waals surface area contributed by atoms with E-state index in [4.69, 9.17) is 15.2 Å². The van der Waals surface area contributed by atoms with Gasteiger partial charge in [-0.2, -0.15) is 0 Å². The molecule has 0 amide bonds. The summed E-state index contributed by atoms with van der Waals surface area (Å²) in [6.45, 7) is 1.43. The fraction of sp³-hybridized carbons (Fsp3) is 0.368. The lowest BCUT2D eigenvalue weighted by Gasteiger charge is -2.29. The monoisotopic (exact) mass is 386 g/mol. The number of fused-ring (bicyclic) bond motifs is 1. The Kier molecular flexibility index (Phi) is 4.47. The molecule has 0 saturated carbocycles. The van der Waals surface area contributed by atoms with Gasteiger partial charge in [0, 0.05) is 6.20 Å². The summed E-state index contributed by atoms with van der Waals surface area (Å²) in [7, 11) is 1.55. The zero-order valence-corrected chi connectivity index (χ0v) is 15.4. The van der Waals surface area contributed by atoms with Crippen LogP contribution in [0.5, 0.6) is 5.75 Å². The zero-order valence-electron chi connectivity index (χ0n) is 15.4. The van der Waals surface area contributed by atoms with Crippen LogP contribution in [0.4, 0.5) is 5.82 Å². The SMILES string of the molecule is COc1ccc(C(O)[C@H]2O[C@@H](n3ccc4c(N)ncnc43)[C@H](O)[C@]2(C)O)cc1. The minimum atomic E-state index is -1.71. The van der Waals surface area contributed by atoms with E-state index in [9.17, 15) is 15.3 Å². The van der Waals surface area contributed by atoms with Crippen molar-refractivity contribution < 1.29 is 24.8 Å². The number of nitrogen functional groups attached to an aromatic ring is 1. The van der Waals surface area contributed by atoms with E-state index >= 15 is 0 Å². The van der Waals surface area contributed by atoms with Gasteiger partial charge in [0.2, 0.25) is 0 Å². The summed E-state index contributed by atoms with van der Waals surface area (Å²) in [5.74, 6) is 0.946. The first-order chi connectivity index (χ1) is 13.3. The second kappa shape index (κ2) is 6.71. The molecule has 1 aliphatic rings. The minimum absolute atomic E-state index is 0.304. The Morgan fingerprint density at radius 3 is 2.64 bits per heavy atom. The van der Waals surface area contributed by atoms with Crippen LogP contribution in [0.3, 0.4) is 0 Å². The van der Waals surface area contributed by atoms with E-state index in [0.717, 1.165) is 0 Å². The summed E-state index contributed by atoms with van der Waals surface area (Å²) in [6, 6.07) is 8.48. The molecule has 4 rings (SSSR count). The van der Waals surface area contributed by atoms with Crippen LogP contribution in [0.2, 0.25) is 0 Å². The summed E-state index contributed by atoms with van der Waals surface area (Å²) in [6.07, 6.45) is -1.53. The number of aliphatic hydroxyl groups excluding tert-OH is 2. The van der Waals surface area contributed by atoms with Gasteiger partial charge in [-0.15, -0.1) is 0 Å². The van der Waals surface area contributed by atoms with Crippen molar-refractivity contribution in [3.63, 3.8) is 0 Å². The second-order valence-electron chi connectivity index (χ2n) is 7.06. The molecule has 28 heavy (non-hydrogen) atoms. The number of rotatable bonds is 4. The molecule has 1 unspecified atom stereocenters. The molecule has 1 saturated heterocycles. The van der Waals surface area contributed by atoms with Crippen LogP contribution < -0.4 is 10.5 Å². The molecule has 0 bridgehead atoms. The molecule has 1 aliphatic heterocycles. The van der Waals surface area contributed by atoms with Gasteiger partial charge >= 0.3 is 0 Å². The van der Waals surface area contributed by atoms with E-state index in [1.54, 1.807) is 48.2 Å². The maximum absolute atomic E-state index is 10.9. The number of benzene rings is 1. The number of hydrogen-bond acceptors (Lipinski definition) is 8. The van der Waals surface area contributed by atoms with Gasteiger partial charge in [0.15, 0.2) is 6.23 Å². The van der Waals surface area contributed by atoms with E-state index in [2.05, 4.69) is 9.97 Å². The standard InChI is InChI=1S/C19H22N4O5/c1-19(26)14(25)18(23-8-7-12-16(20)21-9-22-17(12)23)28-15(19)13(24)10-3-5-11(27-2)6-4-10/h3-9,13-15,18,24-26H,1-2H3,(H2,20,21,22)/t13?,14-,15+,18+,19-/m0/s1. The Hall–Kier alpha value is -2.72. The molecule has 0 aliphatic carbocycles. The molecule has 2 aromatic heterocycles. The predicted molar refractivity (Wildman–Crippen MR) is 100 cm³/mol. The topological polar surface area (TPSA) is 136 Å². The fourth-order valence-corrected chi connectivity index (χ4v) is 3.60. The lowest BCUT2D eigenvalue weighted by Crippen LogP contribution is -2.47. The number of methoxy groups -OCH3 is 1. The molecule has 9 nitrogen and oxygen atoms in total. The average molecular weight is 386 g/mol. The molecule has 148 valence electrons. The molecule has 1 fully saturated rings. The normalized spacial score (nSPS) is 28.5. The third-order valence-corrected chi connectivity index (χ3v) is 5.29. The van der Waals surface area contributed by atoms with Crippen LogP contribution in [0.1, 0.15) is 24.8 Å². The highest BCUT2D eigenvalue weighted by atomic mass is 16.6. The highest BCUT2D eigenvalue weighted by Gasteiger charge is 2.55. The first-order valence-electron chi connectivity index (χ1n) is 8.79. The first kappa shape index (κ1) is 18.6. The molecule has 9 heteroatoms. The van der Waals surface area contributed by atoms with E-state index < -0.39 is 30.1 Å². The van der Waals surface area contributed by atoms with Crippen LogP contribution in [0, 0.1) is 0 Å². The number of nitrogens with two attached hydrogens (primary N) is 1. The lowest BCUT2D eigenvalue weighted by atomic mass is 9.88. The fourth-order valence-electron chi connectivity index (χ4n) is 3.60. The van der Waals surface area contributed by atoms with Crippen molar-refractivity contribution >= 4 is 16.9 Å². The number of nitrogens with zero attached hydrogens (tertiary/aromatic N) is 3. The molecular weight excluding hydrogens is 364 g/mol. The maximum atomic E-state index is 10.9. The van der Waals surface area contributed by atoms with Gasteiger partial charge in [-0.05, 0) is 30.7 Å². The van der Waals surface area contributed by atoms with E-state index in [0.29, 0.717) is 28.2 Å². The van der Waals surface area contributed by atoms with Gasteiger partial charge in [0.05, 0.1) is 12.5 Å². The van der Waals surface area contributed by atoms with Crippen molar-refractivity contribution in [2.75, 3.05) is 12.8 Å². The third-order valence-electron chi connectivity index (χ3n) is 5.29. The Morgan fingerprint density at radius 2 is 1.96 bits per heavy atom. The van der Waals surface area contributed by atoms with Gasteiger partial charge in [0.1, 0.15) is 47.5 Å². The van der Waals surface area contributed by atoms with Crippen LogP contribution in [-0.4, -0.2) is 54.8 Å². The number of ether oxygens (including phenoxy) is 2. The highest BCUT2D eigenvalue weighted by Crippen LogP contribution is 2.43. The Balaban J connectivity index is 1.68. The Labute approximate surface area is 161 Å². The van der Waals surface area contributed by atoms with E-state index in [1.165, 1.54) is 13.3 Å². The maximum Gasteiger partial charge on any atom is 0.164 e. The van der Waals surface area contributed by atoms with Crippen LogP contribution in [0.15, 0.2) is 42.9 Å². The largest absolute Gasteiger partial charge is 0.497 e. The van der Waals surface area contributed by atoms with Crippen molar-refractivity contribution in [2.45, 2.75) is 37.1 Å².